The van der Waals surface area contributed by atoms with Crippen LogP contribution >= 0.6 is 11.6 Å². The minimum absolute atomic E-state index is 0.00877. The summed E-state index contributed by atoms with van der Waals surface area (Å²) < 4.78 is 6.35. The van der Waals surface area contributed by atoms with Crippen molar-refractivity contribution in [2.45, 2.75) is 37.5 Å². The number of halogens is 1. The monoisotopic (exact) mass is 343 g/mol. The molecule has 1 aromatic carbocycles. The highest BCUT2D eigenvalue weighted by Crippen LogP contribution is 2.38. The molecule has 0 amide bonds. The molecule has 1 aliphatic heterocycles. The van der Waals surface area contributed by atoms with E-state index in [0.717, 1.165) is 38.1 Å². The highest BCUT2D eigenvalue weighted by Gasteiger charge is 2.39. The Hall–Kier alpha value is -1.62. The van der Waals surface area contributed by atoms with Crippen LogP contribution in [0, 0.1) is 0 Å². The maximum absolute atomic E-state index is 6.35. The molecule has 1 saturated heterocycles. The van der Waals surface area contributed by atoms with Crippen molar-refractivity contribution in [1.82, 2.24) is 9.88 Å². The Morgan fingerprint density at radius 3 is 2.88 bits per heavy atom. The third-order valence-corrected chi connectivity index (χ3v) is 5.29. The molecule has 0 unspecified atom stereocenters. The third kappa shape index (κ3) is 3.14. The number of hydrogen-bond donors (Lipinski definition) is 1. The van der Waals surface area contributed by atoms with Gasteiger partial charge in [-0.25, -0.2) is 4.98 Å². The molecular weight excluding hydrogens is 322 g/mol. The van der Waals surface area contributed by atoms with E-state index in [-0.39, 0.29) is 12.1 Å². The molecule has 1 aliphatic carbocycles. The molecular formula is C19H22ClN3O. The van der Waals surface area contributed by atoms with Crippen molar-refractivity contribution in [1.29, 1.82) is 0 Å². The maximum atomic E-state index is 6.35. The van der Waals surface area contributed by atoms with Crippen LogP contribution in [0.3, 0.4) is 0 Å². The van der Waals surface area contributed by atoms with Gasteiger partial charge in [-0.05, 0) is 49.1 Å². The van der Waals surface area contributed by atoms with Crippen LogP contribution in [0.1, 0.15) is 30.1 Å². The van der Waals surface area contributed by atoms with Crippen molar-refractivity contribution in [2.75, 3.05) is 13.1 Å². The van der Waals surface area contributed by atoms with Crippen LogP contribution in [-0.2, 0) is 6.42 Å². The lowest BCUT2D eigenvalue weighted by Gasteiger charge is -2.38. The molecule has 0 spiro atoms. The average Bonchev–Trinajstić information content (AvgIpc) is 2.96. The molecule has 2 aliphatic rings. The molecule has 1 aromatic heterocycles. The molecule has 24 heavy (non-hydrogen) atoms. The molecule has 2 N–H and O–H groups in total. The van der Waals surface area contributed by atoms with E-state index in [2.05, 4.69) is 34.1 Å². The van der Waals surface area contributed by atoms with Gasteiger partial charge in [-0.3, -0.25) is 4.90 Å². The SMILES string of the molecule is N[C@@H]1CCCN([C@@H]2Cc3ccccc3[C@H]2Oc2ccc(Cl)nc2)C1. The molecule has 0 saturated carbocycles. The van der Waals surface area contributed by atoms with E-state index in [1.807, 2.05) is 6.07 Å². The van der Waals surface area contributed by atoms with E-state index in [4.69, 9.17) is 22.1 Å². The zero-order valence-electron chi connectivity index (χ0n) is 13.6. The summed E-state index contributed by atoms with van der Waals surface area (Å²) in [6.07, 6.45) is 4.98. The van der Waals surface area contributed by atoms with Gasteiger partial charge in [0.25, 0.3) is 0 Å². The summed E-state index contributed by atoms with van der Waals surface area (Å²) in [6, 6.07) is 12.8. The first-order valence-corrected chi connectivity index (χ1v) is 8.94. The number of piperidine rings is 1. The Morgan fingerprint density at radius 2 is 2.08 bits per heavy atom. The average molecular weight is 344 g/mol. The molecule has 2 aromatic rings. The number of nitrogens with two attached hydrogens (primary N) is 1. The summed E-state index contributed by atoms with van der Waals surface area (Å²) in [5, 5.41) is 0.479. The Kier molecular flexibility index (Phi) is 4.44. The van der Waals surface area contributed by atoms with Crippen LogP contribution in [0.5, 0.6) is 5.75 Å². The van der Waals surface area contributed by atoms with Gasteiger partial charge >= 0.3 is 0 Å². The predicted octanol–water partition coefficient (Wildman–Crippen LogP) is 3.20. The van der Waals surface area contributed by atoms with Crippen LogP contribution in [0.2, 0.25) is 5.15 Å². The molecule has 0 radical (unpaired) electrons. The Bertz CT molecular complexity index is 706. The van der Waals surface area contributed by atoms with Crippen LogP contribution in [0.15, 0.2) is 42.6 Å². The van der Waals surface area contributed by atoms with Crippen molar-refractivity contribution in [2.24, 2.45) is 5.73 Å². The van der Waals surface area contributed by atoms with Gasteiger partial charge in [-0.2, -0.15) is 0 Å². The van der Waals surface area contributed by atoms with E-state index in [1.165, 1.54) is 11.1 Å². The Morgan fingerprint density at radius 1 is 1.21 bits per heavy atom. The Balaban J connectivity index is 1.62. The van der Waals surface area contributed by atoms with Gasteiger partial charge in [0, 0.05) is 12.6 Å². The number of rotatable bonds is 3. The lowest BCUT2D eigenvalue weighted by molar-refractivity contribution is 0.0591. The molecule has 5 heteroatoms. The van der Waals surface area contributed by atoms with E-state index >= 15 is 0 Å². The first-order valence-electron chi connectivity index (χ1n) is 8.56. The second kappa shape index (κ2) is 6.71. The Labute approximate surface area is 147 Å². The molecule has 1 fully saturated rings. The second-order valence-corrected chi connectivity index (χ2v) is 7.11. The number of ether oxygens (including phenoxy) is 1. The van der Waals surface area contributed by atoms with Crippen molar-refractivity contribution >= 4 is 11.6 Å². The van der Waals surface area contributed by atoms with Gasteiger partial charge in [-0.1, -0.05) is 35.9 Å². The molecule has 3 atom stereocenters. The fourth-order valence-corrected chi connectivity index (χ4v) is 4.03. The number of nitrogens with zero attached hydrogens (tertiary/aromatic N) is 2. The molecule has 0 bridgehead atoms. The molecule has 4 rings (SSSR count). The zero-order chi connectivity index (χ0) is 16.5. The molecule has 126 valence electrons. The van der Waals surface area contributed by atoms with Gasteiger partial charge in [-0.15, -0.1) is 0 Å². The van der Waals surface area contributed by atoms with Crippen LogP contribution in [0.25, 0.3) is 0 Å². The number of pyridine rings is 1. The van der Waals surface area contributed by atoms with Crippen LogP contribution in [0.4, 0.5) is 0 Å². The van der Waals surface area contributed by atoms with Crippen LogP contribution in [-0.4, -0.2) is 35.1 Å². The minimum atomic E-state index is 0.00877. The quantitative estimate of drug-likeness (QED) is 0.869. The van der Waals surface area contributed by atoms with Gasteiger partial charge in [0.2, 0.25) is 0 Å². The summed E-state index contributed by atoms with van der Waals surface area (Å²) in [5.41, 5.74) is 8.85. The number of fused-ring (bicyclic) bond motifs is 1. The summed E-state index contributed by atoms with van der Waals surface area (Å²) in [4.78, 5) is 6.64. The van der Waals surface area contributed by atoms with Gasteiger partial charge in [0.1, 0.15) is 17.0 Å². The first kappa shape index (κ1) is 15.9. The highest BCUT2D eigenvalue weighted by molar-refractivity contribution is 6.29. The predicted molar refractivity (Wildman–Crippen MR) is 95.3 cm³/mol. The molecule has 2 heterocycles. The van der Waals surface area contributed by atoms with E-state index in [0.29, 0.717) is 11.2 Å². The number of hydrogen-bond acceptors (Lipinski definition) is 4. The maximum Gasteiger partial charge on any atom is 0.140 e. The van der Waals surface area contributed by atoms with Gasteiger partial charge in [0.05, 0.1) is 12.2 Å². The van der Waals surface area contributed by atoms with Crippen molar-refractivity contribution in [3.63, 3.8) is 0 Å². The topological polar surface area (TPSA) is 51.4 Å². The lowest BCUT2D eigenvalue weighted by Crippen LogP contribution is -2.49. The van der Waals surface area contributed by atoms with E-state index in [9.17, 15) is 0 Å². The minimum Gasteiger partial charge on any atom is -0.482 e. The normalized spacial score (nSPS) is 27.0. The fourth-order valence-electron chi connectivity index (χ4n) is 3.92. The first-order chi connectivity index (χ1) is 11.7. The third-order valence-electron chi connectivity index (χ3n) is 5.06. The van der Waals surface area contributed by atoms with Gasteiger partial charge in [0.15, 0.2) is 0 Å². The molecule has 4 nitrogen and oxygen atoms in total. The summed E-state index contributed by atoms with van der Waals surface area (Å²) >= 11 is 5.89. The number of benzene rings is 1. The second-order valence-electron chi connectivity index (χ2n) is 6.72. The van der Waals surface area contributed by atoms with Crippen molar-refractivity contribution < 1.29 is 4.74 Å². The number of aromatic nitrogens is 1. The fraction of sp³-hybridized carbons (Fsp3) is 0.421. The van der Waals surface area contributed by atoms with E-state index < -0.39 is 0 Å². The summed E-state index contributed by atoms with van der Waals surface area (Å²) in [7, 11) is 0. The highest BCUT2D eigenvalue weighted by atomic mass is 35.5. The standard InChI is InChI=1S/C19H22ClN3O/c20-18-8-7-15(11-22-18)24-19-16-6-2-1-4-13(16)10-17(19)23-9-3-5-14(21)12-23/h1-2,4,6-8,11,14,17,19H,3,5,9-10,12,21H2/t14-,17-,19-/m1/s1. The van der Waals surface area contributed by atoms with Gasteiger partial charge < -0.3 is 10.5 Å². The summed E-state index contributed by atoms with van der Waals surface area (Å²) in [6.45, 7) is 2.03. The van der Waals surface area contributed by atoms with Crippen molar-refractivity contribution in [3.05, 3.63) is 58.9 Å². The number of likely N-dealkylation sites (tertiary alicyclic amines) is 1. The van der Waals surface area contributed by atoms with Crippen molar-refractivity contribution in [3.8, 4) is 5.75 Å². The lowest BCUT2D eigenvalue weighted by atomic mass is 10.0. The van der Waals surface area contributed by atoms with Crippen LogP contribution < -0.4 is 10.5 Å². The summed E-state index contributed by atoms with van der Waals surface area (Å²) in [5.74, 6) is 0.757. The smallest absolute Gasteiger partial charge is 0.140 e. The largest absolute Gasteiger partial charge is 0.482 e. The zero-order valence-corrected chi connectivity index (χ0v) is 14.3. The van der Waals surface area contributed by atoms with E-state index in [1.54, 1.807) is 12.3 Å².